The van der Waals surface area contributed by atoms with Gasteiger partial charge in [-0.3, -0.25) is 67.3 Å². The second-order valence-electron chi connectivity index (χ2n) is 22.6. The monoisotopic (exact) mass is 1190 g/mol. The van der Waals surface area contributed by atoms with E-state index >= 15 is 0 Å². The van der Waals surface area contributed by atoms with Crippen molar-refractivity contribution in [2.75, 3.05) is 26.2 Å². The van der Waals surface area contributed by atoms with E-state index in [1.54, 1.807) is 41.5 Å². The molecule has 0 radical (unpaired) electrons. The lowest BCUT2D eigenvalue weighted by atomic mass is 9.99. The van der Waals surface area contributed by atoms with Gasteiger partial charge in [-0.25, -0.2) is 0 Å². The molecule has 474 valence electrons. The first-order valence-corrected chi connectivity index (χ1v) is 28.7. The first-order chi connectivity index (χ1) is 39.4. The van der Waals surface area contributed by atoms with Gasteiger partial charge in [-0.1, -0.05) is 41.5 Å². The van der Waals surface area contributed by atoms with Crippen LogP contribution in [0.4, 0.5) is 0 Å². The predicted octanol–water partition coefficient (Wildman–Crippen LogP) is -4.97. The van der Waals surface area contributed by atoms with E-state index in [1.807, 2.05) is 0 Å². The molecule has 31 nitrogen and oxygen atoms in total. The molecule has 0 bridgehead atoms. The minimum atomic E-state index is -1.76. The molecule has 10 atom stereocenters. The lowest BCUT2D eigenvalue weighted by Gasteiger charge is -2.30. The number of amides is 12. The number of rotatable bonds is 39. The molecule has 2 saturated heterocycles. The van der Waals surface area contributed by atoms with Crippen molar-refractivity contribution in [1.29, 1.82) is 0 Å². The summed E-state index contributed by atoms with van der Waals surface area (Å²) in [5, 5.41) is 33.1. The molecule has 2 aliphatic heterocycles. The number of aliphatic carboxylic acids is 1. The van der Waals surface area contributed by atoms with Crippen molar-refractivity contribution < 1.29 is 67.4 Å². The van der Waals surface area contributed by atoms with Crippen LogP contribution in [-0.4, -0.2) is 179 Å². The number of guanidine groups is 1. The number of aliphatic imine (C=N–C) groups is 1. The van der Waals surface area contributed by atoms with Crippen LogP contribution in [0.3, 0.4) is 0 Å². The molecular weight excluding hydrogens is 1100 g/mol. The van der Waals surface area contributed by atoms with Gasteiger partial charge >= 0.3 is 5.97 Å². The molecule has 0 unspecified atom stereocenters. The van der Waals surface area contributed by atoms with Crippen molar-refractivity contribution in [3.63, 3.8) is 0 Å². The molecule has 0 saturated carbocycles. The van der Waals surface area contributed by atoms with Gasteiger partial charge in [0, 0.05) is 19.5 Å². The molecule has 0 aliphatic carbocycles. The molecule has 22 N–H and O–H groups in total. The van der Waals surface area contributed by atoms with Crippen molar-refractivity contribution in [3.05, 3.63) is 0 Å². The van der Waals surface area contributed by atoms with Crippen LogP contribution in [0.5, 0.6) is 0 Å². The van der Waals surface area contributed by atoms with Crippen molar-refractivity contribution in [1.82, 2.24) is 52.8 Å². The highest BCUT2D eigenvalue weighted by Gasteiger charge is 2.40. The molecule has 0 aromatic rings. The third kappa shape index (κ3) is 26.7. The number of nitrogens with one attached hydrogen (secondary N) is 9. The zero-order valence-corrected chi connectivity index (χ0v) is 49.3. The summed E-state index contributed by atoms with van der Waals surface area (Å²) in [5.74, 6) is -12.8. The average molecular weight is 1190 g/mol. The van der Waals surface area contributed by atoms with Crippen LogP contribution >= 0.6 is 0 Å². The maximum atomic E-state index is 14.5. The van der Waals surface area contributed by atoms with Gasteiger partial charge in [0.25, 0.3) is 0 Å². The van der Waals surface area contributed by atoms with Gasteiger partial charge in [0.15, 0.2) is 5.96 Å². The van der Waals surface area contributed by atoms with E-state index in [1.165, 1.54) is 0 Å². The summed E-state index contributed by atoms with van der Waals surface area (Å²) in [6, 6.07) is -13.2. The van der Waals surface area contributed by atoms with Crippen molar-refractivity contribution in [2.45, 2.75) is 205 Å². The fourth-order valence-corrected chi connectivity index (χ4v) is 9.60. The van der Waals surface area contributed by atoms with Gasteiger partial charge < -0.3 is 92.3 Å². The zero-order chi connectivity index (χ0) is 63.4. The van der Waals surface area contributed by atoms with Crippen LogP contribution in [-0.2, 0) is 62.3 Å². The molecule has 2 rings (SSSR count). The molecular formula is C53H93N17O14. The summed E-state index contributed by atoms with van der Waals surface area (Å²) >= 11 is 0. The van der Waals surface area contributed by atoms with E-state index in [-0.39, 0.29) is 88.3 Å². The molecule has 84 heavy (non-hydrogen) atoms. The summed E-state index contributed by atoms with van der Waals surface area (Å²) in [6.45, 7) is 11.4. The number of carboxylic acid groups (broad SMARTS) is 1. The van der Waals surface area contributed by atoms with Crippen LogP contribution < -0.4 is 82.3 Å². The van der Waals surface area contributed by atoms with Gasteiger partial charge in [-0.05, 0) is 114 Å². The van der Waals surface area contributed by atoms with E-state index < -0.39 is 163 Å². The molecule has 2 heterocycles. The number of hydrogen-bond donors (Lipinski definition) is 16. The standard InChI is InChI=1S/C53H93N17O14/c1-27(2)22-34(67-51(83)38(26-41(56)72)68-44(76)30-13-9-19-60-30)47(79)63-31(12-7-8-18-54)45(77)62-32(14-10-20-61-53(58)59)46(78)65-35(23-28(3)4)48(80)66-36(24-29(5)6)49(81)69-37(25-40(55)71)50(82)64-33(16-17-42(73)74)52(84)70-21-11-15-39(70)43(57)75/h27-39,60H,7-26,54H2,1-6H3,(H2,55,71)(H2,56,72)(H2,57,75)(H,62,77)(H,63,79)(H,64,82)(H,65,78)(H,66,80)(H,67,83)(H,68,76)(H,69,81)(H,73,74)(H4,58,59,61)/t30-,31-,32-,33-,34-,35-,36-,37-,38-,39-/m0/s1. The Morgan fingerprint density at radius 3 is 1.35 bits per heavy atom. The number of unbranched alkanes of at least 4 members (excludes halogenated alkanes) is 1. The summed E-state index contributed by atoms with van der Waals surface area (Å²) in [7, 11) is 0. The highest BCUT2D eigenvalue weighted by atomic mass is 16.4. The Balaban J connectivity index is 2.48. The van der Waals surface area contributed by atoms with Crippen molar-refractivity contribution in [3.8, 4) is 0 Å². The lowest BCUT2D eigenvalue weighted by Crippen LogP contribution is -2.61. The Kier molecular flexibility index (Phi) is 31.7. The summed E-state index contributed by atoms with van der Waals surface area (Å²) in [5.41, 5.74) is 33.3. The van der Waals surface area contributed by atoms with E-state index in [2.05, 4.69) is 52.8 Å². The predicted molar refractivity (Wildman–Crippen MR) is 306 cm³/mol. The van der Waals surface area contributed by atoms with E-state index in [9.17, 15) is 67.4 Å². The fraction of sp³-hybridized carbons (Fsp3) is 0.736. The third-order valence-corrected chi connectivity index (χ3v) is 13.8. The van der Waals surface area contributed by atoms with Crippen LogP contribution in [0.1, 0.15) is 144 Å². The maximum absolute atomic E-state index is 14.5. The molecule has 31 heteroatoms. The SMILES string of the molecule is CC(C)C[C@H](NC(=O)[C@H](CC(N)=O)NC(=O)[C@@H]1CCCN1)C(=O)N[C@@H](CCCCN)C(=O)N[C@@H](CCCN=C(N)N)C(=O)N[C@@H](CC(C)C)C(=O)N[C@@H](CC(C)C)C(=O)N[C@@H](CC(N)=O)C(=O)N[C@@H](CCC(=O)O)C(=O)N1CCC[C@H]1C(N)=O. The Morgan fingerprint density at radius 1 is 0.524 bits per heavy atom. The zero-order valence-electron chi connectivity index (χ0n) is 49.3. The Morgan fingerprint density at radius 2 is 0.940 bits per heavy atom. The van der Waals surface area contributed by atoms with E-state index in [0.717, 1.165) is 11.3 Å². The first kappa shape index (κ1) is 72.4. The molecule has 0 spiro atoms. The van der Waals surface area contributed by atoms with Gasteiger partial charge in [0.05, 0.1) is 18.9 Å². The second-order valence-corrected chi connectivity index (χ2v) is 22.6. The summed E-state index contributed by atoms with van der Waals surface area (Å²) < 4.78 is 0. The van der Waals surface area contributed by atoms with Crippen LogP contribution in [0.25, 0.3) is 0 Å². The summed E-state index contributed by atoms with van der Waals surface area (Å²) in [6.07, 6.45) is 0.167. The largest absolute Gasteiger partial charge is 0.481 e. The van der Waals surface area contributed by atoms with Gasteiger partial charge in [-0.15, -0.1) is 0 Å². The maximum Gasteiger partial charge on any atom is 0.303 e. The van der Waals surface area contributed by atoms with Crippen LogP contribution in [0.2, 0.25) is 0 Å². The van der Waals surface area contributed by atoms with E-state index in [4.69, 9.17) is 34.4 Å². The summed E-state index contributed by atoms with van der Waals surface area (Å²) in [4.78, 5) is 179. The number of hydrogen-bond acceptors (Lipinski definition) is 16. The number of nitrogens with two attached hydrogens (primary N) is 6. The average Bonchev–Trinajstić information content (AvgIpc) is 4.33. The fourth-order valence-electron chi connectivity index (χ4n) is 9.60. The Labute approximate surface area is 489 Å². The van der Waals surface area contributed by atoms with Crippen molar-refractivity contribution >= 4 is 82.8 Å². The molecule has 0 aromatic carbocycles. The number of carbonyl (C=O) groups excluding carboxylic acids is 12. The highest BCUT2D eigenvalue weighted by molar-refractivity contribution is 6.00. The molecule has 0 aromatic heterocycles. The first-order valence-electron chi connectivity index (χ1n) is 28.7. The third-order valence-electron chi connectivity index (χ3n) is 13.8. The lowest BCUT2D eigenvalue weighted by molar-refractivity contribution is -0.142. The second kappa shape index (κ2) is 36.8. The minimum absolute atomic E-state index is 0.00720. The van der Waals surface area contributed by atoms with Crippen molar-refractivity contribution in [2.24, 2.45) is 57.1 Å². The van der Waals surface area contributed by atoms with Gasteiger partial charge in [0.1, 0.15) is 54.4 Å². The van der Waals surface area contributed by atoms with Crippen LogP contribution in [0.15, 0.2) is 4.99 Å². The Hall–Kier alpha value is -7.70. The Bertz CT molecular complexity index is 2330. The van der Waals surface area contributed by atoms with Gasteiger partial charge in [-0.2, -0.15) is 0 Å². The highest BCUT2D eigenvalue weighted by Crippen LogP contribution is 2.20. The quantitative estimate of drug-likeness (QED) is 0.0156. The molecule has 12 amide bonds. The number of likely N-dealkylation sites (tertiary alicyclic amines) is 1. The topological polar surface area (TPSA) is 522 Å². The van der Waals surface area contributed by atoms with E-state index in [0.29, 0.717) is 32.2 Å². The smallest absolute Gasteiger partial charge is 0.303 e. The molecule has 2 aliphatic rings. The van der Waals surface area contributed by atoms with Crippen LogP contribution in [0, 0.1) is 17.8 Å². The molecule has 2 fully saturated rings. The minimum Gasteiger partial charge on any atom is -0.481 e. The van der Waals surface area contributed by atoms with Gasteiger partial charge in [0.2, 0.25) is 70.9 Å². The number of carboxylic acids is 1. The number of primary amides is 3. The normalized spacial score (nSPS) is 17.7. The number of carbonyl (C=O) groups is 13. The number of nitrogens with zero attached hydrogens (tertiary/aromatic N) is 2.